The maximum Gasteiger partial charge on any atom is 0.307 e. The third-order valence-electron chi connectivity index (χ3n) is 3.02. The molecular weight excluding hydrogens is 220 g/mol. The second-order valence-corrected chi connectivity index (χ2v) is 5.60. The van der Waals surface area contributed by atoms with Gasteiger partial charge in [0.05, 0.1) is 10.9 Å². The molecule has 1 N–H and O–H groups in total. The Morgan fingerprint density at radius 2 is 2.29 bits per heavy atom. The Morgan fingerprint density at radius 1 is 1.64 bits per heavy atom. The molecule has 76 valence electrons. The summed E-state index contributed by atoms with van der Waals surface area (Å²) < 4.78 is 0. The first-order valence-corrected chi connectivity index (χ1v) is 5.67. The first-order chi connectivity index (χ1) is 6.46. The third-order valence-corrected chi connectivity index (χ3v) is 4.46. The molecule has 2 rings (SSSR count). The smallest absolute Gasteiger partial charge is 0.307 e. The Balaban J connectivity index is 2.32. The van der Waals surface area contributed by atoms with E-state index < -0.39 is 5.97 Å². The normalized spacial score (nSPS) is 28.8. The van der Waals surface area contributed by atoms with Crippen LogP contribution >= 0.6 is 22.9 Å². The molecular formula is C10H11ClO2S. The van der Waals surface area contributed by atoms with Crippen LogP contribution in [0.25, 0.3) is 0 Å². The van der Waals surface area contributed by atoms with Crippen LogP contribution in [-0.2, 0) is 4.79 Å². The number of hydrogen-bond acceptors (Lipinski definition) is 2. The van der Waals surface area contributed by atoms with Gasteiger partial charge in [0.2, 0.25) is 0 Å². The summed E-state index contributed by atoms with van der Waals surface area (Å²) in [6.45, 7) is 3.96. The van der Waals surface area contributed by atoms with Gasteiger partial charge in [0, 0.05) is 10.8 Å². The summed E-state index contributed by atoms with van der Waals surface area (Å²) in [5, 5.41) is 11.6. The van der Waals surface area contributed by atoms with Crippen molar-refractivity contribution in [3.8, 4) is 0 Å². The van der Waals surface area contributed by atoms with Crippen molar-refractivity contribution in [2.24, 2.45) is 11.3 Å². The number of rotatable bonds is 2. The van der Waals surface area contributed by atoms with Gasteiger partial charge in [-0.1, -0.05) is 25.4 Å². The van der Waals surface area contributed by atoms with Gasteiger partial charge in [-0.05, 0) is 16.9 Å². The molecule has 1 fully saturated rings. The van der Waals surface area contributed by atoms with Crippen LogP contribution in [-0.4, -0.2) is 11.1 Å². The van der Waals surface area contributed by atoms with Gasteiger partial charge in [0.15, 0.2) is 0 Å². The average Bonchev–Trinajstić information content (AvgIpc) is 2.42. The second-order valence-electron chi connectivity index (χ2n) is 4.25. The van der Waals surface area contributed by atoms with Gasteiger partial charge in [-0.2, -0.15) is 0 Å². The first-order valence-electron chi connectivity index (χ1n) is 4.42. The third kappa shape index (κ3) is 1.27. The van der Waals surface area contributed by atoms with E-state index in [0.717, 1.165) is 4.88 Å². The summed E-state index contributed by atoms with van der Waals surface area (Å²) in [5.74, 6) is -0.907. The monoisotopic (exact) mass is 230 g/mol. The Morgan fingerprint density at radius 3 is 2.64 bits per heavy atom. The highest BCUT2D eigenvalue weighted by molar-refractivity contribution is 7.10. The number of thiophene rings is 1. The summed E-state index contributed by atoms with van der Waals surface area (Å²) in [5.41, 5.74) is -0.152. The number of carbonyl (C=O) groups is 1. The molecule has 2 nitrogen and oxygen atoms in total. The van der Waals surface area contributed by atoms with E-state index in [2.05, 4.69) is 0 Å². The standard InChI is InChI=1S/C10H11ClO2S/c1-10(2)6(7(10)9(12)13)8-5(11)3-4-14-8/h3-4,6-7H,1-2H3,(H,12,13)/t6-,7-/m0/s1. The van der Waals surface area contributed by atoms with Crippen LogP contribution in [0.5, 0.6) is 0 Å². The fourth-order valence-corrected chi connectivity index (χ4v) is 3.62. The summed E-state index contributed by atoms with van der Waals surface area (Å²) in [6, 6.07) is 1.83. The lowest BCUT2D eigenvalue weighted by Gasteiger charge is -1.99. The van der Waals surface area contributed by atoms with Gasteiger partial charge in [0.25, 0.3) is 0 Å². The summed E-state index contributed by atoms with van der Waals surface area (Å²) in [6.07, 6.45) is 0. The number of carboxylic acids is 1. The van der Waals surface area contributed by atoms with E-state index in [1.165, 1.54) is 0 Å². The quantitative estimate of drug-likeness (QED) is 0.847. The van der Waals surface area contributed by atoms with E-state index in [1.807, 2.05) is 25.3 Å². The summed E-state index contributed by atoms with van der Waals surface area (Å²) >= 11 is 7.54. The van der Waals surface area contributed by atoms with Crippen LogP contribution in [0, 0.1) is 11.3 Å². The van der Waals surface area contributed by atoms with Gasteiger partial charge in [-0.3, -0.25) is 4.79 Å². The predicted molar refractivity (Wildman–Crippen MR) is 57.0 cm³/mol. The van der Waals surface area contributed by atoms with E-state index in [1.54, 1.807) is 11.3 Å². The lowest BCUT2D eigenvalue weighted by Crippen LogP contribution is -2.02. The van der Waals surface area contributed by atoms with E-state index in [4.69, 9.17) is 16.7 Å². The van der Waals surface area contributed by atoms with Crippen molar-refractivity contribution in [2.75, 3.05) is 0 Å². The minimum Gasteiger partial charge on any atom is -0.481 e. The molecule has 1 aliphatic carbocycles. The predicted octanol–water partition coefficient (Wildman–Crippen LogP) is 3.23. The lowest BCUT2D eigenvalue weighted by molar-refractivity contribution is -0.139. The van der Waals surface area contributed by atoms with Crippen molar-refractivity contribution in [3.05, 3.63) is 21.3 Å². The molecule has 1 aliphatic rings. The van der Waals surface area contributed by atoms with Crippen LogP contribution in [0.2, 0.25) is 5.02 Å². The fraction of sp³-hybridized carbons (Fsp3) is 0.500. The molecule has 0 aliphatic heterocycles. The van der Waals surface area contributed by atoms with Crippen molar-refractivity contribution >= 4 is 28.9 Å². The van der Waals surface area contributed by atoms with Gasteiger partial charge < -0.3 is 5.11 Å². The topological polar surface area (TPSA) is 37.3 Å². The van der Waals surface area contributed by atoms with E-state index in [0.29, 0.717) is 5.02 Å². The molecule has 0 spiro atoms. The van der Waals surface area contributed by atoms with E-state index in [-0.39, 0.29) is 17.3 Å². The van der Waals surface area contributed by atoms with Crippen molar-refractivity contribution in [1.82, 2.24) is 0 Å². The van der Waals surface area contributed by atoms with Crippen molar-refractivity contribution in [2.45, 2.75) is 19.8 Å². The minimum atomic E-state index is -0.718. The molecule has 0 amide bonds. The highest BCUT2D eigenvalue weighted by Gasteiger charge is 2.63. The first kappa shape index (κ1) is 9.99. The fourth-order valence-electron chi connectivity index (χ4n) is 2.12. The van der Waals surface area contributed by atoms with E-state index in [9.17, 15) is 4.79 Å². The summed E-state index contributed by atoms with van der Waals surface area (Å²) in [4.78, 5) is 12.0. The zero-order valence-corrected chi connectivity index (χ0v) is 9.52. The van der Waals surface area contributed by atoms with Gasteiger partial charge in [-0.15, -0.1) is 11.3 Å². The van der Waals surface area contributed by atoms with Crippen LogP contribution < -0.4 is 0 Å². The summed E-state index contributed by atoms with van der Waals surface area (Å²) in [7, 11) is 0. The molecule has 1 saturated carbocycles. The number of carboxylic acid groups (broad SMARTS) is 1. The maximum atomic E-state index is 11.0. The van der Waals surface area contributed by atoms with Crippen LogP contribution in [0.3, 0.4) is 0 Å². The number of aliphatic carboxylic acids is 1. The minimum absolute atomic E-state index is 0.0903. The Kier molecular flexibility index (Phi) is 2.12. The Labute approximate surface area is 91.5 Å². The van der Waals surface area contributed by atoms with Crippen LogP contribution in [0.15, 0.2) is 11.4 Å². The zero-order chi connectivity index (χ0) is 10.5. The lowest BCUT2D eigenvalue weighted by atomic mass is 10.1. The molecule has 1 aromatic rings. The van der Waals surface area contributed by atoms with E-state index >= 15 is 0 Å². The SMILES string of the molecule is CC1(C)[C@H](C(=O)O)[C@H]1c1sccc1Cl. The number of hydrogen-bond donors (Lipinski definition) is 1. The van der Waals surface area contributed by atoms with Crippen molar-refractivity contribution < 1.29 is 9.90 Å². The molecule has 0 unspecified atom stereocenters. The highest BCUT2D eigenvalue weighted by Crippen LogP contribution is 2.66. The molecule has 14 heavy (non-hydrogen) atoms. The largest absolute Gasteiger partial charge is 0.481 e. The number of halogens is 1. The van der Waals surface area contributed by atoms with Gasteiger partial charge in [-0.25, -0.2) is 0 Å². The van der Waals surface area contributed by atoms with Gasteiger partial charge in [0.1, 0.15) is 0 Å². The molecule has 2 atom stereocenters. The maximum absolute atomic E-state index is 11.0. The van der Waals surface area contributed by atoms with Crippen molar-refractivity contribution in [1.29, 1.82) is 0 Å². The Bertz CT molecular complexity index is 383. The molecule has 0 aromatic carbocycles. The second kappa shape index (κ2) is 2.97. The molecule has 0 radical (unpaired) electrons. The molecule has 0 saturated heterocycles. The molecule has 1 aromatic heterocycles. The van der Waals surface area contributed by atoms with Crippen LogP contribution in [0.4, 0.5) is 0 Å². The Hall–Kier alpha value is -0.540. The zero-order valence-electron chi connectivity index (χ0n) is 7.95. The van der Waals surface area contributed by atoms with Crippen LogP contribution in [0.1, 0.15) is 24.6 Å². The van der Waals surface area contributed by atoms with Crippen molar-refractivity contribution in [3.63, 3.8) is 0 Å². The highest BCUT2D eigenvalue weighted by atomic mass is 35.5. The molecule has 0 bridgehead atoms. The molecule has 1 heterocycles. The molecule has 4 heteroatoms. The average molecular weight is 231 g/mol. The van der Waals surface area contributed by atoms with Gasteiger partial charge >= 0.3 is 5.97 Å².